The van der Waals surface area contributed by atoms with E-state index in [9.17, 15) is 0 Å². The lowest BCUT2D eigenvalue weighted by Crippen LogP contribution is -2.16. The normalized spacial score (nSPS) is 15.5. The van der Waals surface area contributed by atoms with Crippen LogP contribution in [0.2, 0.25) is 0 Å². The van der Waals surface area contributed by atoms with Crippen molar-refractivity contribution in [2.24, 2.45) is 11.8 Å². The molecule has 2 unspecified atom stereocenters. The van der Waals surface area contributed by atoms with Crippen molar-refractivity contribution in [1.82, 2.24) is 9.13 Å². The number of fused-ring (bicyclic) bond motifs is 6. The second-order valence-corrected chi connectivity index (χ2v) is 26.2. The Hall–Kier alpha value is -3.08. The molecule has 76 heavy (non-hydrogen) atoms. The van der Waals surface area contributed by atoms with Gasteiger partial charge in [-0.1, -0.05) is 300 Å². The molecule has 0 aliphatic heterocycles. The lowest BCUT2D eigenvalue weighted by molar-refractivity contribution is 0.401. The van der Waals surface area contributed by atoms with Gasteiger partial charge >= 0.3 is 0 Å². The minimum Gasteiger partial charge on any atom is -0.313 e. The molecule has 0 spiro atoms. The van der Waals surface area contributed by atoms with E-state index in [2.05, 4.69) is 140 Å². The zero-order valence-electron chi connectivity index (χ0n) is 48.2. The Bertz CT molecular complexity index is 2400. The van der Waals surface area contributed by atoms with Gasteiger partial charge in [-0.25, -0.2) is 0 Å². The van der Waals surface area contributed by atoms with Crippen LogP contribution in [-0.4, -0.2) is 9.13 Å². The van der Waals surface area contributed by atoms with Crippen molar-refractivity contribution in [1.29, 1.82) is 0 Å². The maximum atomic E-state index is 3.85. The summed E-state index contributed by atoms with van der Waals surface area (Å²) >= 11 is 7.70. The Balaban J connectivity index is 0.793. The van der Waals surface area contributed by atoms with E-state index in [0.29, 0.717) is 0 Å². The summed E-state index contributed by atoms with van der Waals surface area (Å²) in [5.74, 6) is 1.61. The van der Waals surface area contributed by atoms with Crippen LogP contribution in [0.3, 0.4) is 0 Å². The van der Waals surface area contributed by atoms with Gasteiger partial charge in [0.1, 0.15) is 0 Å². The first-order chi connectivity index (χ1) is 37.5. The highest BCUT2D eigenvalue weighted by molar-refractivity contribution is 9.10. The summed E-state index contributed by atoms with van der Waals surface area (Å²) in [5.41, 5.74) is 14.1. The summed E-state index contributed by atoms with van der Waals surface area (Å²) in [5, 5.41) is 2.90. The average molecular weight is 1160 g/mol. The van der Waals surface area contributed by atoms with E-state index < -0.39 is 0 Å². The van der Waals surface area contributed by atoms with Gasteiger partial charge in [0.2, 0.25) is 0 Å². The summed E-state index contributed by atoms with van der Waals surface area (Å²) in [7, 11) is 0. The number of aromatic nitrogens is 2. The van der Waals surface area contributed by atoms with Crippen LogP contribution in [-0.2, 0) is 25.7 Å². The average Bonchev–Trinajstić information content (AvgIpc) is 3.96. The molecular formula is C72H102Br2N2. The smallest absolute Gasteiger partial charge is 0.0545 e. The van der Waals surface area contributed by atoms with Crippen LogP contribution in [0.4, 0.5) is 0 Å². The fourth-order valence-electron chi connectivity index (χ4n) is 13.9. The van der Waals surface area contributed by atoms with Gasteiger partial charge in [0.15, 0.2) is 0 Å². The van der Waals surface area contributed by atoms with Crippen LogP contribution in [0.25, 0.3) is 44.3 Å². The van der Waals surface area contributed by atoms with Crippen molar-refractivity contribution in [3.05, 3.63) is 116 Å². The summed E-state index contributed by atoms with van der Waals surface area (Å²) in [6.07, 6.45) is 56.2. The molecule has 0 amide bonds. The van der Waals surface area contributed by atoms with Gasteiger partial charge in [-0.05, 0) is 121 Å². The molecule has 4 aromatic carbocycles. The molecule has 0 saturated carbocycles. The second kappa shape index (κ2) is 32.9. The Labute approximate surface area is 481 Å². The number of rotatable bonds is 37. The number of halogens is 2. The van der Waals surface area contributed by atoms with Gasteiger partial charge in [-0.3, -0.25) is 0 Å². The molecule has 2 aliphatic rings. The largest absolute Gasteiger partial charge is 0.313 e. The molecule has 0 bridgehead atoms. The number of hydrogen-bond acceptors (Lipinski definition) is 0. The molecule has 2 aromatic heterocycles. The predicted molar refractivity (Wildman–Crippen MR) is 340 cm³/mol. The molecule has 2 aliphatic carbocycles. The van der Waals surface area contributed by atoms with Crippen molar-refractivity contribution in [2.75, 3.05) is 0 Å². The molecule has 2 atom stereocenters. The van der Waals surface area contributed by atoms with Gasteiger partial charge in [0.25, 0.3) is 0 Å². The third-order valence-corrected chi connectivity index (χ3v) is 19.4. The Morgan fingerprint density at radius 1 is 0.355 bits per heavy atom. The molecular weight excluding hydrogens is 1050 g/mol. The topological polar surface area (TPSA) is 9.86 Å². The Morgan fingerprint density at radius 3 is 0.947 bits per heavy atom. The first-order valence-corrected chi connectivity index (χ1v) is 34.0. The van der Waals surface area contributed by atoms with Gasteiger partial charge in [0.05, 0.1) is 11.0 Å². The standard InChI is InChI=1S/C72H102Br2N2/c1-3-5-7-9-11-13-15-17-19-21-23-25-27-29-31-33-35-57-37-51-69-67(53-57)65-49-43-61(73)55-71(65)75(69)63-45-39-59(40-46-63)60-41-47-64(48-42-60)76-70-52-38-58(54-68(70)66-50-44-62(74)56-72(66)76)36-34-32-30-28-26-24-22-20-18-16-14-12-10-8-6-4-2/h39-50,55-58H,3-38,51-54H2,1-2H3. The molecule has 4 heteroatoms. The fourth-order valence-corrected chi connectivity index (χ4v) is 14.6. The number of unbranched alkanes of at least 4 members (excludes halogenated alkanes) is 30. The highest BCUT2D eigenvalue weighted by Gasteiger charge is 2.28. The van der Waals surface area contributed by atoms with Crippen molar-refractivity contribution in [3.63, 3.8) is 0 Å². The molecule has 2 nitrogen and oxygen atoms in total. The highest BCUT2D eigenvalue weighted by Crippen LogP contribution is 2.41. The first kappa shape index (κ1) is 59.1. The van der Waals surface area contributed by atoms with Crippen LogP contribution in [0.1, 0.15) is 268 Å². The maximum Gasteiger partial charge on any atom is 0.0545 e. The monoisotopic (exact) mass is 1150 g/mol. The third kappa shape index (κ3) is 17.5. The number of nitrogens with zero attached hydrogens (tertiary/aromatic N) is 2. The summed E-state index contributed by atoms with van der Waals surface area (Å²) < 4.78 is 7.51. The maximum absolute atomic E-state index is 3.85. The fraction of sp³-hybridized carbons (Fsp3) is 0.611. The van der Waals surface area contributed by atoms with E-state index in [4.69, 9.17) is 0 Å². The van der Waals surface area contributed by atoms with Crippen molar-refractivity contribution < 1.29 is 0 Å². The third-order valence-electron chi connectivity index (χ3n) is 18.4. The van der Waals surface area contributed by atoms with Crippen molar-refractivity contribution >= 4 is 53.7 Å². The Morgan fingerprint density at radius 2 is 0.645 bits per heavy atom. The molecule has 6 aromatic rings. The molecule has 2 heterocycles. The summed E-state index contributed by atoms with van der Waals surface area (Å²) in [4.78, 5) is 0. The molecule has 0 N–H and O–H groups in total. The van der Waals surface area contributed by atoms with Crippen LogP contribution in [0.5, 0.6) is 0 Å². The first-order valence-electron chi connectivity index (χ1n) is 32.4. The van der Waals surface area contributed by atoms with Gasteiger partial charge in [-0.2, -0.15) is 0 Å². The SMILES string of the molecule is CCCCCCCCCCCCCCCCCCC1CCc2c(c3ccc(Br)cc3n2-c2ccc(-c3ccc(-n4c5c(c6ccc(Br)cc64)CC(CCCCCCCCCCCCCCCCCC)CC5)cc3)cc2)C1. The van der Waals surface area contributed by atoms with Crippen LogP contribution in [0.15, 0.2) is 93.9 Å². The summed E-state index contributed by atoms with van der Waals surface area (Å²) in [6.45, 7) is 4.62. The minimum atomic E-state index is 0.805. The zero-order valence-corrected chi connectivity index (χ0v) is 51.3. The van der Waals surface area contributed by atoms with E-state index in [-0.39, 0.29) is 0 Å². The lowest BCUT2D eigenvalue weighted by Gasteiger charge is -2.24. The lowest BCUT2D eigenvalue weighted by atomic mass is 9.83. The van der Waals surface area contributed by atoms with E-state index in [1.807, 2.05) is 0 Å². The van der Waals surface area contributed by atoms with Gasteiger partial charge < -0.3 is 9.13 Å². The quantitative estimate of drug-likeness (QED) is 0.0344. The van der Waals surface area contributed by atoms with E-state index in [0.717, 1.165) is 20.8 Å². The van der Waals surface area contributed by atoms with Crippen LogP contribution < -0.4 is 0 Å². The number of benzene rings is 4. The van der Waals surface area contributed by atoms with Crippen molar-refractivity contribution in [3.8, 4) is 22.5 Å². The Kier molecular flexibility index (Phi) is 25.5. The van der Waals surface area contributed by atoms with Crippen molar-refractivity contribution in [2.45, 2.75) is 271 Å². The van der Waals surface area contributed by atoms with Crippen LogP contribution in [0, 0.1) is 11.8 Å². The summed E-state index contributed by atoms with van der Waals surface area (Å²) in [6, 6.07) is 32.9. The molecule has 0 fully saturated rings. The predicted octanol–water partition coefficient (Wildman–Crippen LogP) is 24.3. The number of hydrogen-bond donors (Lipinski definition) is 0. The van der Waals surface area contributed by atoms with E-state index in [1.165, 1.54) is 313 Å². The van der Waals surface area contributed by atoms with Crippen LogP contribution >= 0.6 is 31.9 Å². The molecule has 0 radical (unpaired) electrons. The van der Waals surface area contributed by atoms with Gasteiger partial charge in [-0.15, -0.1) is 0 Å². The highest BCUT2D eigenvalue weighted by atomic mass is 79.9. The molecule has 0 saturated heterocycles. The molecule has 8 rings (SSSR count). The van der Waals surface area contributed by atoms with Gasteiger partial charge in [0, 0.05) is 42.5 Å². The second-order valence-electron chi connectivity index (χ2n) is 24.3. The zero-order chi connectivity index (χ0) is 52.6. The minimum absolute atomic E-state index is 0.805. The van der Waals surface area contributed by atoms with E-state index in [1.54, 1.807) is 11.1 Å². The van der Waals surface area contributed by atoms with E-state index >= 15 is 0 Å². The molecule has 414 valence electrons.